The van der Waals surface area contributed by atoms with Gasteiger partial charge in [-0.05, 0) is 36.8 Å². The van der Waals surface area contributed by atoms with E-state index in [9.17, 15) is 9.59 Å². The molecule has 1 aliphatic rings. The van der Waals surface area contributed by atoms with Crippen molar-refractivity contribution < 1.29 is 23.8 Å². The third kappa shape index (κ3) is 4.92. The molecule has 0 aromatic heterocycles. The van der Waals surface area contributed by atoms with Gasteiger partial charge in [0.2, 0.25) is 6.79 Å². The fourth-order valence-electron chi connectivity index (χ4n) is 2.31. The van der Waals surface area contributed by atoms with Gasteiger partial charge in [-0.15, -0.1) is 11.8 Å². The molecular formula is C19H19NO5S. The Labute approximate surface area is 155 Å². The maximum atomic E-state index is 12.0. The van der Waals surface area contributed by atoms with E-state index in [1.54, 1.807) is 13.0 Å². The van der Waals surface area contributed by atoms with E-state index in [2.05, 4.69) is 5.32 Å². The van der Waals surface area contributed by atoms with Crippen LogP contribution in [0.5, 0.6) is 11.5 Å². The molecule has 3 rings (SSSR count). The van der Waals surface area contributed by atoms with E-state index < -0.39 is 5.97 Å². The number of benzene rings is 2. The van der Waals surface area contributed by atoms with Crippen molar-refractivity contribution >= 4 is 23.6 Å². The summed E-state index contributed by atoms with van der Waals surface area (Å²) in [5.41, 5.74) is 0.877. The summed E-state index contributed by atoms with van der Waals surface area (Å²) in [6, 6.07) is 15.0. The molecule has 0 spiro atoms. The number of thioether (sulfide) groups is 1. The summed E-state index contributed by atoms with van der Waals surface area (Å²) in [7, 11) is 0. The number of ether oxygens (including phenoxy) is 3. The van der Waals surface area contributed by atoms with E-state index in [0.29, 0.717) is 18.0 Å². The molecular weight excluding hydrogens is 354 g/mol. The number of nitrogens with one attached hydrogen (secondary N) is 1. The molecule has 7 heteroatoms. The van der Waals surface area contributed by atoms with Crippen LogP contribution in [0.4, 0.5) is 0 Å². The standard InChI is InChI=1S/C19H19NO5S/c1-13(26-15-5-3-2-4-6-15)19(22)23-11-18(21)20-10-14-7-8-16-17(9-14)25-12-24-16/h2-9,13H,10-12H2,1H3,(H,20,21)/t13-/m1/s1. The molecule has 0 saturated heterocycles. The smallest absolute Gasteiger partial charge is 0.319 e. The molecule has 2 aromatic rings. The zero-order chi connectivity index (χ0) is 18.4. The minimum absolute atomic E-state index is 0.209. The number of hydrogen-bond acceptors (Lipinski definition) is 6. The predicted molar refractivity (Wildman–Crippen MR) is 97.1 cm³/mol. The van der Waals surface area contributed by atoms with Crippen molar-refractivity contribution in [1.82, 2.24) is 5.32 Å². The van der Waals surface area contributed by atoms with Gasteiger partial charge in [-0.3, -0.25) is 9.59 Å². The Kier molecular flexibility index (Phi) is 6.01. The Balaban J connectivity index is 1.40. The van der Waals surface area contributed by atoms with E-state index >= 15 is 0 Å². The fourth-order valence-corrected chi connectivity index (χ4v) is 3.19. The number of esters is 1. The molecule has 6 nitrogen and oxygen atoms in total. The molecule has 0 bridgehead atoms. The van der Waals surface area contributed by atoms with Gasteiger partial charge in [0.25, 0.3) is 5.91 Å². The Morgan fingerprint density at radius 2 is 1.92 bits per heavy atom. The Morgan fingerprint density at radius 1 is 1.15 bits per heavy atom. The maximum absolute atomic E-state index is 12.0. The largest absolute Gasteiger partial charge is 0.455 e. The van der Waals surface area contributed by atoms with Crippen LogP contribution in [-0.2, 0) is 20.9 Å². The van der Waals surface area contributed by atoms with Gasteiger partial charge in [-0.2, -0.15) is 0 Å². The van der Waals surface area contributed by atoms with Gasteiger partial charge in [0.1, 0.15) is 5.25 Å². The van der Waals surface area contributed by atoms with Gasteiger partial charge in [-0.25, -0.2) is 0 Å². The molecule has 2 aromatic carbocycles. The summed E-state index contributed by atoms with van der Waals surface area (Å²) in [6.07, 6.45) is 0. The average molecular weight is 373 g/mol. The van der Waals surface area contributed by atoms with Crippen molar-refractivity contribution in [3.63, 3.8) is 0 Å². The highest BCUT2D eigenvalue weighted by Crippen LogP contribution is 2.32. The van der Waals surface area contributed by atoms with Crippen LogP contribution in [0.2, 0.25) is 0 Å². The van der Waals surface area contributed by atoms with E-state index in [1.165, 1.54) is 11.8 Å². The van der Waals surface area contributed by atoms with Crippen LogP contribution in [0.25, 0.3) is 0 Å². The fraction of sp³-hybridized carbons (Fsp3) is 0.263. The van der Waals surface area contributed by atoms with Gasteiger partial charge >= 0.3 is 5.97 Å². The van der Waals surface area contributed by atoms with Gasteiger partial charge in [0, 0.05) is 11.4 Å². The first kappa shape index (κ1) is 18.1. The van der Waals surface area contributed by atoms with Crippen LogP contribution in [-0.4, -0.2) is 30.5 Å². The third-order valence-corrected chi connectivity index (χ3v) is 4.75. The van der Waals surface area contributed by atoms with Crippen molar-refractivity contribution in [3.05, 3.63) is 54.1 Å². The van der Waals surface area contributed by atoms with Crippen LogP contribution in [0.15, 0.2) is 53.4 Å². The van der Waals surface area contributed by atoms with E-state index in [1.807, 2.05) is 42.5 Å². The minimum atomic E-state index is -0.419. The van der Waals surface area contributed by atoms with Crippen molar-refractivity contribution in [2.75, 3.05) is 13.4 Å². The number of fused-ring (bicyclic) bond motifs is 1. The van der Waals surface area contributed by atoms with Crippen LogP contribution < -0.4 is 14.8 Å². The quantitative estimate of drug-likeness (QED) is 0.594. The molecule has 0 radical (unpaired) electrons. The molecule has 136 valence electrons. The molecule has 1 amide bonds. The van der Waals surface area contributed by atoms with Crippen molar-refractivity contribution in [2.24, 2.45) is 0 Å². The number of carbonyl (C=O) groups is 2. The van der Waals surface area contributed by atoms with Crippen LogP contribution >= 0.6 is 11.8 Å². The lowest BCUT2D eigenvalue weighted by molar-refractivity contribution is -0.147. The lowest BCUT2D eigenvalue weighted by Gasteiger charge is -2.11. The molecule has 0 unspecified atom stereocenters. The molecule has 1 heterocycles. The molecule has 26 heavy (non-hydrogen) atoms. The first-order valence-electron chi connectivity index (χ1n) is 8.15. The monoisotopic (exact) mass is 373 g/mol. The molecule has 1 atom stereocenters. The van der Waals surface area contributed by atoms with Crippen LogP contribution in [0.3, 0.4) is 0 Å². The molecule has 0 aliphatic carbocycles. The number of carbonyl (C=O) groups excluding carboxylic acids is 2. The summed E-state index contributed by atoms with van der Waals surface area (Å²) < 4.78 is 15.6. The predicted octanol–water partition coefficient (Wildman–Crippen LogP) is 2.76. The van der Waals surface area contributed by atoms with Crippen molar-refractivity contribution in [1.29, 1.82) is 0 Å². The van der Waals surface area contributed by atoms with E-state index in [0.717, 1.165) is 10.5 Å². The minimum Gasteiger partial charge on any atom is -0.455 e. The Hall–Kier alpha value is -2.67. The Morgan fingerprint density at radius 3 is 2.73 bits per heavy atom. The van der Waals surface area contributed by atoms with E-state index in [4.69, 9.17) is 14.2 Å². The zero-order valence-corrected chi connectivity index (χ0v) is 15.1. The zero-order valence-electron chi connectivity index (χ0n) is 14.3. The molecule has 1 N–H and O–H groups in total. The summed E-state index contributed by atoms with van der Waals surface area (Å²) in [5, 5.41) is 2.33. The van der Waals surface area contributed by atoms with Crippen LogP contribution in [0, 0.1) is 0 Å². The SMILES string of the molecule is C[C@@H](Sc1ccccc1)C(=O)OCC(=O)NCc1ccc2c(c1)OCO2. The first-order valence-corrected chi connectivity index (χ1v) is 9.03. The second-order valence-electron chi connectivity index (χ2n) is 5.65. The Bertz CT molecular complexity index is 781. The third-order valence-electron chi connectivity index (χ3n) is 3.66. The summed E-state index contributed by atoms with van der Waals surface area (Å²) in [6.45, 7) is 1.98. The topological polar surface area (TPSA) is 73.9 Å². The number of rotatable bonds is 7. The molecule has 0 saturated carbocycles. The highest BCUT2D eigenvalue weighted by Gasteiger charge is 2.17. The second-order valence-corrected chi connectivity index (χ2v) is 7.06. The summed E-state index contributed by atoms with van der Waals surface area (Å²) in [4.78, 5) is 24.9. The maximum Gasteiger partial charge on any atom is 0.319 e. The van der Waals surface area contributed by atoms with Gasteiger partial charge in [0.15, 0.2) is 18.1 Å². The number of amides is 1. The van der Waals surface area contributed by atoms with Crippen molar-refractivity contribution in [3.8, 4) is 11.5 Å². The van der Waals surface area contributed by atoms with Crippen molar-refractivity contribution in [2.45, 2.75) is 23.6 Å². The van der Waals surface area contributed by atoms with Gasteiger partial charge < -0.3 is 19.5 Å². The van der Waals surface area contributed by atoms with Gasteiger partial charge in [-0.1, -0.05) is 24.3 Å². The average Bonchev–Trinajstić information content (AvgIpc) is 3.13. The lowest BCUT2D eigenvalue weighted by Crippen LogP contribution is -2.30. The number of hydrogen-bond donors (Lipinski definition) is 1. The second kappa shape index (κ2) is 8.62. The first-order chi connectivity index (χ1) is 12.6. The van der Waals surface area contributed by atoms with Gasteiger partial charge in [0.05, 0.1) is 0 Å². The van der Waals surface area contributed by atoms with E-state index in [-0.39, 0.29) is 24.6 Å². The normalized spacial score (nSPS) is 13.1. The summed E-state index contributed by atoms with van der Waals surface area (Å²) in [5.74, 6) is 0.582. The lowest BCUT2D eigenvalue weighted by atomic mass is 10.2. The highest BCUT2D eigenvalue weighted by molar-refractivity contribution is 8.00. The summed E-state index contributed by atoms with van der Waals surface area (Å²) >= 11 is 1.39. The highest BCUT2D eigenvalue weighted by atomic mass is 32.2. The molecule has 1 aliphatic heterocycles. The molecule has 0 fully saturated rings. The van der Waals surface area contributed by atoms with Crippen LogP contribution in [0.1, 0.15) is 12.5 Å².